The highest BCUT2D eigenvalue weighted by molar-refractivity contribution is 6.31. The van der Waals surface area contributed by atoms with Crippen LogP contribution < -0.4 is 0 Å². The predicted molar refractivity (Wildman–Crippen MR) is 53.3 cm³/mol. The number of ether oxygens (including phenoxy) is 1. The van der Waals surface area contributed by atoms with E-state index in [2.05, 4.69) is 9.56 Å². The molecule has 0 N–H and O–H groups in total. The third kappa shape index (κ3) is 4.95. The predicted octanol–water partition coefficient (Wildman–Crippen LogP) is -0.453. The lowest BCUT2D eigenvalue weighted by Gasteiger charge is -2.26. The number of isocyanates is 1. The first-order valence-electron chi connectivity index (χ1n) is 4.77. The van der Waals surface area contributed by atoms with Crippen LogP contribution in [0.4, 0.5) is 0 Å². The molecule has 74 valence electrons. The fourth-order valence-corrected chi connectivity index (χ4v) is 3.00. The zero-order valence-electron chi connectivity index (χ0n) is 7.87. The number of aliphatic imine (C=N–C) groups is 1. The summed E-state index contributed by atoms with van der Waals surface area (Å²) in [6.45, 7) is 4.63. The van der Waals surface area contributed by atoms with Gasteiger partial charge in [0.15, 0.2) is 0 Å². The lowest BCUT2D eigenvalue weighted by molar-refractivity contribution is 0.0723. The van der Waals surface area contributed by atoms with Gasteiger partial charge in [-0.3, -0.25) is 0 Å². The Labute approximate surface area is 80.9 Å². The molecule has 13 heavy (non-hydrogen) atoms. The summed E-state index contributed by atoms with van der Waals surface area (Å²) in [5, 5.41) is 0. The van der Waals surface area contributed by atoms with Crippen molar-refractivity contribution in [2.75, 3.05) is 32.8 Å². The van der Waals surface area contributed by atoms with Crippen LogP contribution in [0.2, 0.25) is 6.04 Å². The van der Waals surface area contributed by atoms with Crippen molar-refractivity contribution in [1.29, 1.82) is 0 Å². The third-order valence-corrected chi connectivity index (χ3v) is 4.24. The highest BCUT2D eigenvalue weighted by atomic mass is 28.2. The number of morpholine rings is 1. The summed E-state index contributed by atoms with van der Waals surface area (Å²) in [6.07, 6.45) is 2.60. The molecule has 0 spiro atoms. The van der Waals surface area contributed by atoms with Crippen molar-refractivity contribution >= 4 is 15.8 Å². The Morgan fingerprint density at radius 1 is 1.46 bits per heavy atom. The van der Waals surface area contributed by atoms with Crippen molar-refractivity contribution in [2.24, 2.45) is 4.99 Å². The molecule has 1 aliphatic rings. The van der Waals surface area contributed by atoms with Crippen molar-refractivity contribution in [3.63, 3.8) is 0 Å². The normalized spacial score (nSPS) is 19.1. The molecule has 1 aliphatic heterocycles. The molecule has 0 bridgehead atoms. The average Bonchev–Trinajstić information content (AvgIpc) is 2.19. The van der Waals surface area contributed by atoms with Crippen molar-refractivity contribution in [3.8, 4) is 0 Å². The fraction of sp³-hybridized carbons (Fsp3) is 0.875. The first kappa shape index (κ1) is 10.6. The second-order valence-electron chi connectivity index (χ2n) is 3.13. The molecule has 0 saturated carbocycles. The van der Waals surface area contributed by atoms with E-state index in [4.69, 9.17) is 4.74 Å². The van der Waals surface area contributed by atoms with Crippen molar-refractivity contribution in [3.05, 3.63) is 0 Å². The quantitative estimate of drug-likeness (QED) is 0.261. The van der Waals surface area contributed by atoms with Crippen LogP contribution in [0.15, 0.2) is 4.99 Å². The minimum Gasteiger partial charge on any atom is -0.379 e. The van der Waals surface area contributed by atoms with Gasteiger partial charge in [-0.15, -0.1) is 0 Å². The van der Waals surface area contributed by atoms with Gasteiger partial charge in [0.05, 0.1) is 29.4 Å². The van der Waals surface area contributed by atoms with Crippen molar-refractivity contribution < 1.29 is 9.53 Å². The number of nitrogens with zero attached hydrogens (tertiary/aromatic N) is 2. The van der Waals surface area contributed by atoms with Gasteiger partial charge in [-0.05, 0) is 12.5 Å². The SMILES string of the molecule is O=C=NCCC[SiH2]N1CCOCC1. The molecule has 0 aliphatic carbocycles. The second kappa shape index (κ2) is 6.97. The maximum absolute atomic E-state index is 9.76. The van der Waals surface area contributed by atoms with E-state index in [9.17, 15) is 4.79 Å². The molecule has 5 heteroatoms. The molecule has 1 saturated heterocycles. The number of hydrogen-bond donors (Lipinski definition) is 0. The first-order chi connectivity index (χ1) is 6.43. The van der Waals surface area contributed by atoms with Gasteiger partial charge in [0.25, 0.3) is 0 Å². The minimum absolute atomic E-state index is 0.0989. The van der Waals surface area contributed by atoms with Gasteiger partial charge in [0.1, 0.15) is 0 Å². The molecule has 0 aromatic heterocycles. The van der Waals surface area contributed by atoms with Gasteiger partial charge >= 0.3 is 0 Å². The molecule has 1 heterocycles. The van der Waals surface area contributed by atoms with Crippen LogP contribution in [0.3, 0.4) is 0 Å². The number of rotatable bonds is 5. The molecule has 0 aromatic carbocycles. The Kier molecular flexibility index (Phi) is 5.68. The van der Waals surface area contributed by atoms with Crippen LogP contribution in [-0.2, 0) is 9.53 Å². The Bertz CT molecular complexity index is 177. The summed E-state index contributed by atoms with van der Waals surface area (Å²) in [5.74, 6) is 0. The standard InChI is InChI=1S/C8H16N2O2Si/c11-8-9-2-1-7-13-10-3-5-12-6-4-10/h1-7,13H2. The van der Waals surface area contributed by atoms with Gasteiger partial charge in [-0.1, -0.05) is 0 Å². The van der Waals surface area contributed by atoms with Gasteiger partial charge < -0.3 is 9.30 Å². The summed E-state index contributed by atoms with van der Waals surface area (Å²) >= 11 is 0. The van der Waals surface area contributed by atoms with Crippen LogP contribution >= 0.6 is 0 Å². The van der Waals surface area contributed by atoms with Crippen LogP contribution in [-0.4, -0.2) is 53.2 Å². The number of hydrogen-bond acceptors (Lipinski definition) is 4. The van der Waals surface area contributed by atoms with E-state index in [1.54, 1.807) is 6.08 Å². The van der Waals surface area contributed by atoms with Gasteiger partial charge in [0.2, 0.25) is 6.08 Å². The summed E-state index contributed by atoms with van der Waals surface area (Å²) in [7, 11) is -0.0989. The minimum atomic E-state index is -0.0989. The second-order valence-corrected chi connectivity index (χ2v) is 5.18. The Morgan fingerprint density at radius 3 is 2.92 bits per heavy atom. The van der Waals surface area contributed by atoms with E-state index in [1.807, 2.05) is 0 Å². The highest BCUT2D eigenvalue weighted by Crippen LogP contribution is 1.98. The van der Waals surface area contributed by atoms with Gasteiger partial charge in [-0.25, -0.2) is 9.79 Å². The Hall–Kier alpha value is -0.483. The van der Waals surface area contributed by atoms with Crippen molar-refractivity contribution in [1.82, 2.24) is 4.57 Å². The third-order valence-electron chi connectivity index (χ3n) is 2.16. The van der Waals surface area contributed by atoms with Crippen LogP contribution in [0.5, 0.6) is 0 Å². The van der Waals surface area contributed by atoms with E-state index in [0.717, 1.165) is 32.7 Å². The van der Waals surface area contributed by atoms with Crippen LogP contribution in [0.25, 0.3) is 0 Å². The highest BCUT2D eigenvalue weighted by Gasteiger charge is 2.08. The summed E-state index contributed by atoms with van der Waals surface area (Å²) in [5.41, 5.74) is 0. The summed E-state index contributed by atoms with van der Waals surface area (Å²) < 4.78 is 7.78. The molecule has 0 radical (unpaired) electrons. The lowest BCUT2D eigenvalue weighted by Crippen LogP contribution is -2.38. The Morgan fingerprint density at radius 2 is 2.23 bits per heavy atom. The summed E-state index contributed by atoms with van der Waals surface area (Å²) in [4.78, 5) is 13.3. The summed E-state index contributed by atoms with van der Waals surface area (Å²) in [6, 6.07) is 1.24. The molecule has 1 fully saturated rings. The average molecular weight is 200 g/mol. The van der Waals surface area contributed by atoms with Crippen LogP contribution in [0.1, 0.15) is 6.42 Å². The topological polar surface area (TPSA) is 41.9 Å². The maximum atomic E-state index is 9.76. The largest absolute Gasteiger partial charge is 0.379 e. The molecular weight excluding hydrogens is 184 g/mol. The molecule has 0 unspecified atom stereocenters. The van der Waals surface area contributed by atoms with Gasteiger partial charge in [0, 0.05) is 13.1 Å². The molecule has 4 nitrogen and oxygen atoms in total. The maximum Gasteiger partial charge on any atom is 0.234 e. The van der Waals surface area contributed by atoms with E-state index < -0.39 is 0 Å². The van der Waals surface area contributed by atoms with E-state index in [0.29, 0.717) is 6.54 Å². The molecule has 1 rings (SSSR count). The van der Waals surface area contributed by atoms with E-state index in [-0.39, 0.29) is 9.68 Å². The lowest BCUT2D eigenvalue weighted by atomic mass is 10.5. The molecular formula is C8H16N2O2Si. The van der Waals surface area contributed by atoms with Crippen molar-refractivity contribution in [2.45, 2.75) is 12.5 Å². The van der Waals surface area contributed by atoms with E-state index in [1.165, 1.54) is 6.04 Å². The molecule has 0 amide bonds. The zero-order chi connectivity index (χ0) is 9.36. The smallest absolute Gasteiger partial charge is 0.234 e. The van der Waals surface area contributed by atoms with Crippen LogP contribution in [0, 0.1) is 0 Å². The molecule has 0 aromatic rings. The monoisotopic (exact) mass is 200 g/mol. The number of carbonyl (C=O) groups excluding carboxylic acids is 1. The van der Waals surface area contributed by atoms with E-state index >= 15 is 0 Å². The molecule has 0 atom stereocenters. The fourth-order valence-electron chi connectivity index (χ4n) is 1.40. The van der Waals surface area contributed by atoms with Gasteiger partial charge in [-0.2, -0.15) is 0 Å². The Balaban J connectivity index is 1.94. The zero-order valence-corrected chi connectivity index (χ0v) is 9.28. The first-order valence-corrected chi connectivity index (χ1v) is 6.40.